The molecule has 2 rings (SSSR count). The van der Waals surface area contributed by atoms with Crippen LogP contribution in [0.2, 0.25) is 0 Å². The second kappa shape index (κ2) is 5.41. The lowest BCUT2D eigenvalue weighted by Crippen LogP contribution is -2.21. The molecule has 0 bridgehead atoms. The van der Waals surface area contributed by atoms with Crippen molar-refractivity contribution in [3.63, 3.8) is 0 Å². The average molecular weight is 264 g/mol. The summed E-state index contributed by atoms with van der Waals surface area (Å²) in [6.07, 6.45) is 1.69. The van der Waals surface area contributed by atoms with Crippen LogP contribution >= 0.6 is 11.3 Å². The Morgan fingerprint density at radius 1 is 1.44 bits per heavy atom. The van der Waals surface area contributed by atoms with Gasteiger partial charge in [-0.25, -0.2) is 0 Å². The molecule has 2 heterocycles. The number of pyridine rings is 1. The molecule has 0 saturated heterocycles. The van der Waals surface area contributed by atoms with Crippen molar-refractivity contribution >= 4 is 11.3 Å². The topological polar surface area (TPSA) is 70.7 Å². The summed E-state index contributed by atoms with van der Waals surface area (Å²) in [6.45, 7) is 6.68. The molecule has 0 aromatic carbocycles. The molecular weight excluding hydrogens is 248 g/mol. The van der Waals surface area contributed by atoms with Gasteiger partial charge in [-0.2, -0.15) is 0 Å². The molecule has 0 radical (unpaired) electrons. The smallest absolute Gasteiger partial charge is 0.192 e. The van der Waals surface area contributed by atoms with Gasteiger partial charge in [0.25, 0.3) is 0 Å². The van der Waals surface area contributed by atoms with Crippen molar-refractivity contribution in [3.8, 4) is 10.6 Å². The normalized spacial score (nSPS) is 11.1. The molecular formula is C12H16N4OS. The molecule has 0 saturated carbocycles. The molecule has 0 fully saturated rings. The third-order valence-corrected chi connectivity index (χ3v) is 3.37. The van der Waals surface area contributed by atoms with E-state index < -0.39 is 0 Å². The summed E-state index contributed by atoms with van der Waals surface area (Å²) in [4.78, 5) is 14.8. The Hall–Kier alpha value is -1.53. The minimum absolute atomic E-state index is 0.0224. The number of hydrogen-bond donors (Lipinski definition) is 2. The van der Waals surface area contributed by atoms with Crippen molar-refractivity contribution in [2.45, 2.75) is 33.4 Å². The summed E-state index contributed by atoms with van der Waals surface area (Å²) in [5, 5.41) is 13.0. The van der Waals surface area contributed by atoms with Crippen LogP contribution in [-0.4, -0.2) is 21.2 Å². The standard InChI is InChI=1S/C12H16N4OS/c1-7(2)13-6-11-15-16-12(18-11)9-5-14-8(3)4-10(9)17/h4-5,7,13H,6H2,1-3H3,(H,14,17). The van der Waals surface area contributed by atoms with Crippen LogP contribution in [0.15, 0.2) is 17.1 Å². The van der Waals surface area contributed by atoms with Crippen LogP contribution in [0, 0.1) is 6.92 Å². The van der Waals surface area contributed by atoms with Crippen LogP contribution in [0.5, 0.6) is 0 Å². The maximum absolute atomic E-state index is 11.8. The van der Waals surface area contributed by atoms with Crippen molar-refractivity contribution in [1.29, 1.82) is 0 Å². The monoisotopic (exact) mass is 264 g/mol. The number of aryl methyl sites for hydroxylation is 1. The average Bonchev–Trinajstić information content (AvgIpc) is 2.75. The SMILES string of the molecule is Cc1cc(=O)c(-c2nnc(CNC(C)C)s2)c[nH]1. The zero-order valence-electron chi connectivity index (χ0n) is 10.7. The molecule has 0 amide bonds. The fourth-order valence-electron chi connectivity index (χ4n) is 1.47. The Kier molecular flexibility index (Phi) is 3.88. The van der Waals surface area contributed by atoms with E-state index in [1.54, 1.807) is 12.3 Å². The number of aromatic nitrogens is 3. The van der Waals surface area contributed by atoms with Gasteiger partial charge in [-0.1, -0.05) is 25.2 Å². The van der Waals surface area contributed by atoms with Crippen LogP contribution in [-0.2, 0) is 6.54 Å². The third kappa shape index (κ3) is 3.02. The van der Waals surface area contributed by atoms with Gasteiger partial charge in [0.1, 0.15) is 5.01 Å². The summed E-state index contributed by atoms with van der Waals surface area (Å²) in [5.74, 6) is 0. The van der Waals surface area contributed by atoms with Gasteiger partial charge in [-0.05, 0) is 6.92 Å². The highest BCUT2D eigenvalue weighted by atomic mass is 32.1. The summed E-state index contributed by atoms with van der Waals surface area (Å²) >= 11 is 1.44. The first kappa shape index (κ1) is 12.9. The summed E-state index contributed by atoms with van der Waals surface area (Å²) < 4.78 is 0. The third-order valence-electron chi connectivity index (χ3n) is 2.42. The second-order valence-corrected chi connectivity index (χ2v) is 5.49. The largest absolute Gasteiger partial charge is 0.364 e. The zero-order chi connectivity index (χ0) is 13.1. The zero-order valence-corrected chi connectivity index (χ0v) is 11.5. The van der Waals surface area contributed by atoms with E-state index in [1.807, 2.05) is 6.92 Å². The van der Waals surface area contributed by atoms with Gasteiger partial charge in [-0.15, -0.1) is 10.2 Å². The molecule has 96 valence electrons. The summed E-state index contributed by atoms with van der Waals surface area (Å²) in [5.41, 5.74) is 1.40. The molecule has 0 spiro atoms. The molecule has 0 aliphatic rings. The molecule has 0 atom stereocenters. The van der Waals surface area contributed by atoms with Crippen LogP contribution in [0.25, 0.3) is 10.6 Å². The maximum Gasteiger partial charge on any atom is 0.192 e. The molecule has 2 aromatic rings. The lowest BCUT2D eigenvalue weighted by molar-refractivity contribution is 0.585. The van der Waals surface area contributed by atoms with E-state index in [0.717, 1.165) is 10.7 Å². The second-order valence-electron chi connectivity index (χ2n) is 4.43. The van der Waals surface area contributed by atoms with E-state index in [1.165, 1.54) is 11.3 Å². The first-order chi connectivity index (χ1) is 8.56. The van der Waals surface area contributed by atoms with Crippen LogP contribution in [0.3, 0.4) is 0 Å². The predicted octanol–water partition coefficient (Wildman–Crippen LogP) is 1.70. The Balaban J connectivity index is 2.21. The van der Waals surface area contributed by atoms with Crippen molar-refractivity contribution in [2.24, 2.45) is 0 Å². The number of H-pyrrole nitrogens is 1. The van der Waals surface area contributed by atoms with Gasteiger partial charge in [0.05, 0.1) is 5.56 Å². The number of hydrogen-bond acceptors (Lipinski definition) is 5. The minimum Gasteiger partial charge on any atom is -0.364 e. The van der Waals surface area contributed by atoms with E-state index in [4.69, 9.17) is 0 Å². The molecule has 2 N–H and O–H groups in total. The molecule has 18 heavy (non-hydrogen) atoms. The van der Waals surface area contributed by atoms with E-state index in [9.17, 15) is 4.79 Å². The Morgan fingerprint density at radius 2 is 2.22 bits per heavy atom. The van der Waals surface area contributed by atoms with Crippen LogP contribution in [0.1, 0.15) is 24.5 Å². The van der Waals surface area contributed by atoms with Crippen molar-refractivity contribution in [1.82, 2.24) is 20.5 Å². The molecule has 2 aromatic heterocycles. The Morgan fingerprint density at radius 3 is 2.89 bits per heavy atom. The number of rotatable bonds is 4. The van der Waals surface area contributed by atoms with Gasteiger partial charge in [0.15, 0.2) is 10.4 Å². The van der Waals surface area contributed by atoms with E-state index in [0.29, 0.717) is 23.2 Å². The van der Waals surface area contributed by atoms with Crippen molar-refractivity contribution < 1.29 is 0 Å². The maximum atomic E-state index is 11.8. The first-order valence-corrected chi connectivity index (χ1v) is 6.63. The van der Waals surface area contributed by atoms with Gasteiger partial charge < -0.3 is 10.3 Å². The van der Waals surface area contributed by atoms with Crippen molar-refractivity contribution in [2.75, 3.05) is 0 Å². The fraction of sp³-hybridized carbons (Fsp3) is 0.417. The van der Waals surface area contributed by atoms with Crippen LogP contribution in [0.4, 0.5) is 0 Å². The van der Waals surface area contributed by atoms with Gasteiger partial charge in [-0.3, -0.25) is 4.79 Å². The van der Waals surface area contributed by atoms with Gasteiger partial charge in [0.2, 0.25) is 0 Å². The lowest BCUT2D eigenvalue weighted by atomic mass is 10.2. The first-order valence-electron chi connectivity index (χ1n) is 5.81. The van der Waals surface area contributed by atoms with Crippen LogP contribution < -0.4 is 10.7 Å². The minimum atomic E-state index is -0.0224. The lowest BCUT2D eigenvalue weighted by Gasteiger charge is -2.03. The number of nitrogens with one attached hydrogen (secondary N) is 2. The van der Waals surface area contributed by atoms with E-state index >= 15 is 0 Å². The number of nitrogens with zero attached hydrogens (tertiary/aromatic N) is 2. The van der Waals surface area contributed by atoms with Crippen molar-refractivity contribution in [3.05, 3.63) is 33.2 Å². The Bertz CT molecular complexity index is 588. The number of aromatic amines is 1. The van der Waals surface area contributed by atoms with Gasteiger partial charge >= 0.3 is 0 Å². The molecule has 5 nitrogen and oxygen atoms in total. The highest BCUT2D eigenvalue weighted by Gasteiger charge is 2.10. The summed E-state index contributed by atoms with van der Waals surface area (Å²) in [7, 11) is 0. The molecule has 0 unspecified atom stereocenters. The predicted molar refractivity (Wildman–Crippen MR) is 72.7 cm³/mol. The molecule has 0 aliphatic heterocycles. The van der Waals surface area contributed by atoms with E-state index in [2.05, 4.69) is 34.3 Å². The van der Waals surface area contributed by atoms with Gasteiger partial charge in [0, 0.05) is 30.5 Å². The highest BCUT2D eigenvalue weighted by molar-refractivity contribution is 7.14. The molecule has 0 aliphatic carbocycles. The highest BCUT2D eigenvalue weighted by Crippen LogP contribution is 2.19. The fourth-order valence-corrected chi connectivity index (χ4v) is 2.28. The Labute approximate surface area is 109 Å². The molecule has 6 heteroatoms. The quantitative estimate of drug-likeness (QED) is 0.881. The van der Waals surface area contributed by atoms with E-state index in [-0.39, 0.29) is 5.43 Å². The summed E-state index contributed by atoms with van der Waals surface area (Å²) in [6, 6.07) is 1.98.